The average molecular weight is 254 g/mol. The number of carboxylic acids is 1. The van der Waals surface area contributed by atoms with E-state index in [2.05, 4.69) is 6.58 Å². The highest BCUT2D eigenvalue weighted by Crippen LogP contribution is 2.25. The van der Waals surface area contributed by atoms with Gasteiger partial charge in [-0.15, -0.1) is 0 Å². The van der Waals surface area contributed by atoms with Gasteiger partial charge in [-0.1, -0.05) is 19.1 Å². The van der Waals surface area contributed by atoms with Crippen LogP contribution in [0.15, 0.2) is 12.2 Å². The summed E-state index contributed by atoms with van der Waals surface area (Å²) in [6.45, 7) is 11.0. The minimum Gasteiger partial charge on any atom is -0.480 e. The van der Waals surface area contributed by atoms with Crippen LogP contribution in [-0.4, -0.2) is 52.6 Å². The van der Waals surface area contributed by atoms with Crippen molar-refractivity contribution < 1.29 is 14.7 Å². The van der Waals surface area contributed by atoms with Gasteiger partial charge >= 0.3 is 12.0 Å². The highest BCUT2D eigenvalue weighted by atomic mass is 16.4. The number of carboxylic acid groups (broad SMARTS) is 1. The molecule has 0 spiro atoms. The van der Waals surface area contributed by atoms with Crippen molar-refractivity contribution in [1.29, 1.82) is 0 Å². The van der Waals surface area contributed by atoms with E-state index in [4.69, 9.17) is 0 Å². The molecule has 2 amide bonds. The van der Waals surface area contributed by atoms with Crippen molar-refractivity contribution in [3.05, 3.63) is 12.2 Å². The fraction of sp³-hybridized carbons (Fsp3) is 0.692. The van der Waals surface area contributed by atoms with Gasteiger partial charge in [0.15, 0.2) is 0 Å². The lowest BCUT2D eigenvalue weighted by Gasteiger charge is -2.30. The zero-order valence-electron chi connectivity index (χ0n) is 11.3. The first-order valence-electron chi connectivity index (χ1n) is 6.31. The summed E-state index contributed by atoms with van der Waals surface area (Å²) >= 11 is 0. The first kappa shape index (κ1) is 14.5. The van der Waals surface area contributed by atoms with Crippen LogP contribution in [0.2, 0.25) is 0 Å². The molecule has 5 nitrogen and oxygen atoms in total. The van der Waals surface area contributed by atoms with Gasteiger partial charge < -0.3 is 14.9 Å². The maximum Gasteiger partial charge on any atom is 0.326 e. The van der Waals surface area contributed by atoms with E-state index in [1.54, 1.807) is 4.90 Å². The summed E-state index contributed by atoms with van der Waals surface area (Å²) in [4.78, 5) is 26.7. The van der Waals surface area contributed by atoms with Crippen LogP contribution in [0.3, 0.4) is 0 Å². The van der Waals surface area contributed by atoms with Crippen molar-refractivity contribution in [3.8, 4) is 0 Å². The molecule has 0 aromatic carbocycles. The molecule has 1 saturated heterocycles. The van der Waals surface area contributed by atoms with E-state index in [1.807, 2.05) is 20.8 Å². The third kappa shape index (κ3) is 3.03. The number of nitrogens with zero attached hydrogens (tertiary/aromatic N) is 2. The van der Waals surface area contributed by atoms with Gasteiger partial charge in [0.05, 0.1) is 0 Å². The Balaban J connectivity index is 2.81. The van der Waals surface area contributed by atoms with Crippen LogP contribution in [0.5, 0.6) is 0 Å². The van der Waals surface area contributed by atoms with E-state index in [0.29, 0.717) is 19.6 Å². The molecule has 0 saturated carbocycles. The van der Waals surface area contributed by atoms with E-state index in [1.165, 1.54) is 4.90 Å². The van der Waals surface area contributed by atoms with Crippen molar-refractivity contribution in [2.75, 3.05) is 19.6 Å². The monoisotopic (exact) mass is 254 g/mol. The third-order valence-corrected chi connectivity index (χ3v) is 3.31. The number of carbonyl (C=O) groups excluding carboxylic acids is 1. The smallest absolute Gasteiger partial charge is 0.326 e. The predicted molar refractivity (Wildman–Crippen MR) is 69.4 cm³/mol. The largest absolute Gasteiger partial charge is 0.480 e. The van der Waals surface area contributed by atoms with E-state index >= 15 is 0 Å². The zero-order chi connectivity index (χ0) is 13.9. The Morgan fingerprint density at radius 1 is 1.50 bits per heavy atom. The molecule has 18 heavy (non-hydrogen) atoms. The second-order valence-electron chi connectivity index (χ2n) is 5.00. The van der Waals surface area contributed by atoms with Gasteiger partial charge in [-0.3, -0.25) is 0 Å². The van der Waals surface area contributed by atoms with Crippen LogP contribution in [0.25, 0.3) is 0 Å². The van der Waals surface area contributed by atoms with Crippen LogP contribution in [0.1, 0.15) is 27.2 Å². The van der Waals surface area contributed by atoms with Crippen LogP contribution >= 0.6 is 0 Å². The summed E-state index contributed by atoms with van der Waals surface area (Å²) in [5.74, 6) is -0.908. The Kier molecular flexibility index (Phi) is 4.76. The van der Waals surface area contributed by atoms with Crippen molar-refractivity contribution in [3.63, 3.8) is 0 Å². The highest BCUT2D eigenvalue weighted by Gasteiger charge is 2.40. The van der Waals surface area contributed by atoms with Crippen LogP contribution in [0.4, 0.5) is 4.79 Å². The standard InChI is InChI=1S/C13H22N2O3/c1-5-14(8-9(2)3)13(18)15-7-6-10(4)11(15)12(16)17/h10-11H,2,5-8H2,1,3-4H3,(H,16,17). The van der Waals surface area contributed by atoms with Gasteiger partial charge in [-0.05, 0) is 26.2 Å². The van der Waals surface area contributed by atoms with Crippen LogP contribution in [-0.2, 0) is 4.79 Å². The third-order valence-electron chi connectivity index (χ3n) is 3.31. The van der Waals surface area contributed by atoms with E-state index in [-0.39, 0.29) is 11.9 Å². The van der Waals surface area contributed by atoms with Crippen molar-refractivity contribution in [2.24, 2.45) is 5.92 Å². The number of likely N-dealkylation sites (tertiary alicyclic amines) is 1. The lowest BCUT2D eigenvalue weighted by Crippen LogP contribution is -2.49. The molecule has 1 aliphatic heterocycles. The Morgan fingerprint density at radius 2 is 2.11 bits per heavy atom. The fourth-order valence-corrected chi connectivity index (χ4v) is 2.36. The summed E-state index contributed by atoms with van der Waals surface area (Å²) in [5, 5.41) is 9.21. The molecule has 0 aromatic rings. The van der Waals surface area contributed by atoms with Crippen LogP contribution in [0, 0.1) is 5.92 Å². The molecule has 2 atom stereocenters. The fourth-order valence-electron chi connectivity index (χ4n) is 2.36. The average Bonchev–Trinajstić information content (AvgIpc) is 2.66. The summed E-state index contributed by atoms with van der Waals surface area (Å²) in [7, 11) is 0. The number of rotatable bonds is 4. The molecule has 1 fully saturated rings. The number of carbonyl (C=O) groups is 2. The Hall–Kier alpha value is -1.52. The maximum atomic E-state index is 12.3. The first-order chi connectivity index (χ1) is 8.38. The number of likely N-dealkylation sites (N-methyl/N-ethyl adjacent to an activating group) is 1. The normalized spacial score (nSPS) is 22.9. The van der Waals surface area contributed by atoms with E-state index < -0.39 is 12.0 Å². The molecule has 0 aliphatic carbocycles. The molecule has 1 aliphatic rings. The van der Waals surface area contributed by atoms with Gasteiger partial charge in [0.25, 0.3) is 0 Å². The summed E-state index contributed by atoms with van der Waals surface area (Å²) in [6, 6.07) is -0.895. The summed E-state index contributed by atoms with van der Waals surface area (Å²) in [5.41, 5.74) is 0.893. The van der Waals surface area contributed by atoms with Gasteiger partial charge in [0.1, 0.15) is 6.04 Å². The number of hydrogen-bond donors (Lipinski definition) is 1. The van der Waals surface area contributed by atoms with Gasteiger partial charge in [-0.2, -0.15) is 0 Å². The molecule has 1 N–H and O–H groups in total. The Morgan fingerprint density at radius 3 is 2.56 bits per heavy atom. The second kappa shape index (κ2) is 5.89. The number of urea groups is 1. The van der Waals surface area contributed by atoms with Gasteiger partial charge in [0.2, 0.25) is 0 Å². The number of amides is 2. The minimum atomic E-state index is -0.917. The first-order valence-corrected chi connectivity index (χ1v) is 6.31. The minimum absolute atomic E-state index is 0.00924. The van der Waals surface area contributed by atoms with Crippen LogP contribution < -0.4 is 0 Å². The van der Waals surface area contributed by atoms with Crippen molar-refractivity contribution in [2.45, 2.75) is 33.2 Å². The maximum absolute atomic E-state index is 12.3. The SMILES string of the molecule is C=C(C)CN(CC)C(=O)N1CCC(C)C1C(=O)O. The molecule has 0 bridgehead atoms. The van der Waals surface area contributed by atoms with E-state index in [0.717, 1.165) is 12.0 Å². The number of hydrogen-bond acceptors (Lipinski definition) is 2. The molecular formula is C13H22N2O3. The summed E-state index contributed by atoms with van der Waals surface area (Å²) < 4.78 is 0. The molecule has 0 aromatic heterocycles. The molecule has 1 heterocycles. The molecule has 0 radical (unpaired) electrons. The zero-order valence-corrected chi connectivity index (χ0v) is 11.3. The summed E-state index contributed by atoms with van der Waals surface area (Å²) in [6.07, 6.45) is 0.743. The quantitative estimate of drug-likeness (QED) is 0.778. The van der Waals surface area contributed by atoms with E-state index in [9.17, 15) is 14.7 Å². The topological polar surface area (TPSA) is 60.9 Å². The predicted octanol–water partition coefficient (Wildman–Crippen LogP) is 1.80. The number of aliphatic carboxylic acids is 1. The molecular weight excluding hydrogens is 232 g/mol. The molecule has 102 valence electrons. The van der Waals surface area contributed by atoms with Crippen molar-refractivity contribution >= 4 is 12.0 Å². The van der Waals surface area contributed by atoms with Gasteiger partial charge in [0, 0.05) is 19.6 Å². The second-order valence-corrected chi connectivity index (χ2v) is 5.00. The van der Waals surface area contributed by atoms with Crippen molar-refractivity contribution in [1.82, 2.24) is 9.80 Å². The highest BCUT2D eigenvalue weighted by molar-refractivity contribution is 5.83. The Bertz CT molecular complexity index is 354. The lowest BCUT2D eigenvalue weighted by molar-refractivity contribution is -0.142. The Labute approximate surface area is 108 Å². The van der Waals surface area contributed by atoms with Gasteiger partial charge in [-0.25, -0.2) is 9.59 Å². The molecule has 2 unspecified atom stereocenters. The lowest BCUT2D eigenvalue weighted by atomic mass is 10.0. The molecule has 5 heteroatoms. The molecule has 1 rings (SSSR count).